The first kappa shape index (κ1) is 34.4. The van der Waals surface area contributed by atoms with Crippen LogP contribution in [0.4, 0.5) is 0 Å². The SMILES string of the molecule is CC[C@@H](C)C(=O)O[C@@H]1C[C@H](OC(=O)CCC[C@@H](C)O[C@@H]2OC(C)[C@H](O)C[C@@H]2O)[C@H](O[C@H](C)CCC(=O)O)OC1C. The summed E-state index contributed by atoms with van der Waals surface area (Å²) in [5.74, 6) is -2.06. The van der Waals surface area contributed by atoms with Gasteiger partial charge in [-0.3, -0.25) is 14.4 Å². The molecule has 12 nitrogen and oxygen atoms in total. The minimum absolute atomic E-state index is 0.0777. The van der Waals surface area contributed by atoms with Gasteiger partial charge in [-0.15, -0.1) is 0 Å². The number of carboxylic acids is 1. The van der Waals surface area contributed by atoms with Gasteiger partial charge in [0.1, 0.15) is 12.2 Å². The smallest absolute Gasteiger partial charge is 0.309 e. The molecule has 2 aliphatic rings. The lowest BCUT2D eigenvalue weighted by Crippen LogP contribution is -2.51. The van der Waals surface area contributed by atoms with Crippen molar-refractivity contribution in [2.24, 2.45) is 5.92 Å². The molecular formula is C28H48O12. The van der Waals surface area contributed by atoms with Crippen molar-refractivity contribution >= 4 is 17.9 Å². The Labute approximate surface area is 236 Å². The molecule has 0 spiro atoms. The van der Waals surface area contributed by atoms with Crippen molar-refractivity contribution in [3.8, 4) is 0 Å². The Bertz CT molecular complexity index is 806. The van der Waals surface area contributed by atoms with Crippen molar-refractivity contribution in [3.05, 3.63) is 0 Å². The van der Waals surface area contributed by atoms with E-state index in [1.54, 1.807) is 27.7 Å². The summed E-state index contributed by atoms with van der Waals surface area (Å²) in [4.78, 5) is 36.1. The van der Waals surface area contributed by atoms with Crippen LogP contribution >= 0.6 is 0 Å². The number of ether oxygens (including phenoxy) is 6. The number of hydrogen-bond acceptors (Lipinski definition) is 11. The highest BCUT2D eigenvalue weighted by Gasteiger charge is 2.42. The Hall–Kier alpha value is -1.83. The van der Waals surface area contributed by atoms with Crippen molar-refractivity contribution in [2.45, 2.75) is 154 Å². The highest BCUT2D eigenvalue weighted by molar-refractivity contribution is 5.72. The predicted molar refractivity (Wildman–Crippen MR) is 141 cm³/mol. The van der Waals surface area contributed by atoms with Gasteiger partial charge in [-0.1, -0.05) is 13.8 Å². The van der Waals surface area contributed by atoms with E-state index in [4.69, 9.17) is 33.5 Å². The van der Waals surface area contributed by atoms with E-state index in [-0.39, 0.29) is 50.1 Å². The van der Waals surface area contributed by atoms with Crippen molar-refractivity contribution in [1.29, 1.82) is 0 Å². The van der Waals surface area contributed by atoms with Crippen molar-refractivity contribution in [3.63, 3.8) is 0 Å². The zero-order chi connectivity index (χ0) is 30.0. The maximum Gasteiger partial charge on any atom is 0.309 e. The molecule has 12 heteroatoms. The molecule has 40 heavy (non-hydrogen) atoms. The van der Waals surface area contributed by atoms with Crippen LogP contribution in [0.1, 0.15) is 92.9 Å². The van der Waals surface area contributed by atoms with Crippen LogP contribution in [0.5, 0.6) is 0 Å². The summed E-state index contributed by atoms with van der Waals surface area (Å²) in [6, 6.07) is 0. The van der Waals surface area contributed by atoms with E-state index in [0.29, 0.717) is 19.3 Å². The van der Waals surface area contributed by atoms with E-state index in [0.717, 1.165) is 0 Å². The molecule has 232 valence electrons. The average molecular weight is 577 g/mol. The first-order valence-electron chi connectivity index (χ1n) is 14.4. The zero-order valence-electron chi connectivity index (χ0n) is 24.5. The molecule has 0 radical (unpaired) electrons. The minimum atomic E-state index is -0.941. The van der Waals surface area contributed by atoms with E-state index in [9.17, 15) is 24.6 Å². The lowest BCUT2D eigenvalue weighted by molar-refractivity contribution is -0.281. The highest BCUT2D eigenvalue weighted by Crippen LogP contribution is 2.29. The first-order chi connectivity index (χ1) is 18.8. The second kappa shape index (κ2) is 16.6. The van der Waals surface area contributed by atoms with E-state index < -0.39 is 67.2 Å². The fourth-order valence-electron chi connectivity index (χ4n) is 4.47. The molecule has 11 atom stereocenters. The summed E-state index contributed by atoms with van der Waals surface area (Å²) >= 11 is 0. The fraction of sp³-hybridized carbons (Fsp3) is 0.893. The molecule has 0 aromatic heterocycles. The molecule has 0 saturated carbocycles. The maximum atomic E-state index is 12.8. The summed E-state index contributed by atoms with van der Waals surface area (Å²) in [5, 5.41) is 28.9. The van der Waals surface area contributed by atoms with Gasteiger partial charge in [0.25, 0.3) is 0 Å². The second-order valence-corrected chi connectivity index (χ2v) is 11.1. The Morgan fingerprint density at radius 1 is 0.825 bits per heavy atom. The molecule has 2 unspecified atom stereocenters. The lowest BCUT2D eigenvalue weighted by atomic mass is 10.0. The van der Waals surface area contributed by atoms with Crippen LogP contribution in [-0.2, 0) is 42.8 Å². The molecule has 0 amide bonds. The standard InChI is InChI=1S/C28H48O12/c1-7-15(2)26(34)40-22-14-23(28(38-19(22)6)36-17(4)11-12-24(31)32)39-25(33)10-8-9-16(3)35-27-21(30)13-20(29)18(5)37-27/h15-23,27-30H,7-14H2,1-6H3,(H,31,32)/t15-,16-,17-,18?,19?,20-,21+,22-,23+,27-,28-/m1/s1. The number of aliphatic hydroxyl groups excluding tert-OH is 2. The summed E-state index contributed by atoms with van der Waals surface area (Å²) in [5.41, 5.74) is 0. The number of carbonyl (C=O) groups excluding carboxylic acids is 2. The van der Waals surface area contributed by atoms with Crippen LogP contribution in [0, 0.1) is 5.92 Å². The molecule has 2 saturated heterocycles. The number of hydrogen-bond donors (Lipinski definition) is 3. The number of carbonyl (C=O) groups is 3. The van der Waals surface area contributed by atoms with Crippen molar-refractivity contribution in [1.82, 2.24) is 0 Å². The third-order valence-corrected chi connectivity index (χ3v) is 7.38. The zero-order valence-corrected chi connectivity index (χ0v) is 24.5. The molecule has 2 aliphatic heterocycles. The topological polar surface area (TPSA) is 167 Å². The quantitative estimate of drug-likeness (QED) is 0.244. The Morgan fingerprint density at radius 3 is 2.10 bits per heavy atom. The van der Waals surface area contributed by atoms with Crippen LogP contribution in [0.2, 0.25) is 0 Å². The number of carboxylic acid groups (broad SMARTS) is 1. The molecule has 2 rings (SSSR count). The molecule has 2 heterocycles. The third kappa shape index (κ3) is 11.2. The summed E-state index contributed by atoms with van der Waals surface area (Å²) in [6.07, 6.45) is -4.53. The van der Waals surface area contributed by atoms with Gasteiger partial charge in [0.05, 0.1) is 36.4 Å². The van der Waals surface area contributed by atoms with E-state index in [1.807, 2.05) is 13.8 Å². The Kier molecular flexibility index (Phi) is 14.2. The fourth-order valence-corrected chi connectivity index (χ4v) is 4.47. The minimum Gasteiger partial charge on any atom is -0.481 e. The van der Waals surface area contributed by atoms with E-state index in [1.165, 1.54) is 0 Å². The molecule has 2 fully saturated rings. The Balaban J connectivity index is 1.92. The third-order valence-electron chi connectivity index (χ3n) is 7.38. The molecular weight excluding hydrogens is 528 g/mol. The van der Waals surface area contributed by atoms with Gasteiger partial charge < -0.3 is 43.7 Å². The molecule has 3 N–H and O–H groups in total. The average Bonchev–Trinajstić information content (AvgIpc) is 2.88. The lowest BCUT2D eigenvalue weighted by Gasteiger charge is -2.40. The maximum absolute atomic E-state index is 12.8. The molecule has 0 bridgehead atoms. The number of rotatable bonds is 15. The summed E-state index contributed by atoms with van der Waals surface area (Å²) in [6.45, 7) is 10.7. The first-order valence-corrected chi connectivity index (χ1v) is 14.4. The number of esters is 2. The summed E-state index contributed by atoms with van der Waals surface area (Å²) < 4.78 is 34.6. The van der Waals surface area contributed by atoms with Gasteiger partial charge >= 0.3 is 17.9 Å². The van der Waals surface area contributed by atoms with Gasteiger partial charge in [-0.05, 0) is 53.4 Å². The van der Waals surface area contributed by atoms with E-state index >= 15 is 0 Å². The normalized spacial score (nSPS) is 33.0. The highest BCUT2D eigenvalue weighted by atomic mass is 16.7. The van der Waals surface area contributed by atoms with Crippen LogP contribution in [0.3, 0.4) is 0 Å². The van der Waals surface area contributed by atoms with Gasteiger partial charge in [0, 0.05) is 25.7 Å². The summed E-state index contributed by atoms with van der Waals surface area (Å²) in [7, 11) is 0. The molecule has 0 aliphatic carbocycles. The van der Waals surface area contributed by atoms with Crippen molar-refractivity contribution in [2.75, 3.05) is 0 Å². The van der Waals surface area contributed by atoms with Crippen LogP contribution in [-0.4, -0.2) is 94.6 Å². The Morgan fingerprint density at radius 2 is 1.45 bits per heavy atom. The van der Waals surface area contributed by atoms with Crippen molar-refractivity contribution < 1.29 is 58.1 Å². The van der Waals surface area contributed by atoms with Gasteiger partial charge in [0.15, 0.2) is 18.7 Å². The second-order valence-electron chi connectivity index (χ2n) is 11.1. The number of aliphatic hydroxyl groups is 2. The van der Waals surface area contributed by atoms with Crippen LogP contribution in [0.15, 0.2) is 0 Å². The molecule has 0 aromatic carbocycles. The predicted octanol–water partition coefficient (Wildman–Crippen LogP) is 2.69. The largest absolute Gasteiger partial charge is 0.481 e. The molecule has 0 aromatic rings. The number of aliphatic carboxylic acids is 1. The van der Waals surface area contributed by atoms with Crippen LogP contribution in [0.25, 0.3) is 0 Å². The monoisotopic (exact) mass is 576 g/mol. The van der Waals surface area contributed by atoms with Crippen LogP contribution < -0.4 is 0 Å². The van der Waals surface area contributed by atoms with Gasteiger partial charge in [-0.25, -0.2) is 0 Å². The van der Waals surface area contributed by atoms with E-state index in [2.05, 4.69) is 0 Å². The van der Waals surface area contributed by atoms with Gasteiger partial charge in [-0.2, -0.15) is 0 Å². The van der Waals surface area contributed by atoms with Gasteiger partial charge in [0.2, 0.25) is 0 Å².